The number of carboxylic acid groups (broad SMARTS) is 1. The quantitative estimate of drug-likeness (QED) is 0.414. The third-order valence-corrected chi connectivity index (χ3v) is 1.59. The first-order chi connectivity index (χ1) is 7.47. The van der Waals surface area contributed by atoms with Crippen LogP contribution in [0.3, 0.4) is 0 Å². The van der Waals surface area contributed by atoms with E-state index in [4.69, 9.17) is 10.8 Å². The number of aliphatic carboxylic acids is 1. The number of nitrogens with one attached hydrogen (secondary N) is 2. The fraction of sp³-hybridized carbons (Fsp3) is 0.625. The fourth-order valence-corrected chi connectivity index (χ4v) is 0.850. The van der Waals surface area contributed by atoms with E-state index >= 15 is 0 Å². The van der Waals surface area contributed by atoms with Crippen LogP contribution in [0.2, 0.25) is 0 Å². The van der Waals surface area contributed by atoms with Gasteiger partial charge in [0.05, 0.1) is 6.61 Å². The first kappa shape index (κ1) is 14.2. The Morgan fingerprint density at radius 2 is 2.06 bits per heavy atom. The van der Waals surface area contributed by atoms with Crippen LogP contribution in [0.1, 0.15) is 6.42 Å². The molecule has 0 saturated carbocycles. The molecule has 1 atom stereocenters. The second-order valence-corrected chi connectivity index (χ2v) is 2.96. The molecule has 8 nitrogen and oxygen atoms in total. The highest BCUT2D eigenvalue weighted by Gasteiger charge is 2.19. The van der Waals surface area contributed by atoms with Gasteiger partial charge in [-0.3, -0.25) is 4.79 Å². The van der Waals surface area contributed by atoms with Crippen molar-refractivity contribution in [2.75, 3.05) is 20.3 Å². The Bertz CT molecular complexity index is 268. The van der Waals surface area contributed by atoms with E-state index in [-0.39, 0.29) is 19.6 Å². The number of hydrogen-bond donors (Lipinski definition) is 4. The number of rotatable bonds is 7. The van der Waals surface area contributed by atoms with Crippen LogP contribution in [0.25, 0.3) is 0 Å². The van der Waals surface area contributed by atoms with Gasteiger partial charge in [0.25, 0.3) is 0 Å². The van der Waals surface area contributed by atoms with Crippen molar-refractivity contribution in [3.8, 4) is 0 Å². The van der Waals surface area contributed by atoms with Crippen molar-refractivity contribution in [3.63, 3.8) is 0 Å². The Labute approximate surface area is 92.1 Å². The van der Waals surface area contributed by atoms with Crippen LogP contribution in [-0.2, 0) is 14.3 Å². The topological polar surface area (TPSA) is 131 Å². The van der Waals surface area contributed by atoms with Crippen LogP contribution in [0.5, 0.6) is 0 Å². The zero-order valence-electron chi connectivity index (χ0n) is 8.86. The molecule has 0 fully saturated rings. The highest BCUT2D eigenvalue weighted by atomic mass is 16.5. The SMILES string of the molecule is COCC(NC(=O)NCCC(N)=O)C(=O)O. The van der Waals surface area contributed by atoms with Crippen LogP contribution in [0.4, 0.5) is 4.79 Å². The number of nitrogens with two attached hydrogens (primary N) is 1. The Morgan fingerprint density at radius 1 is 1.44 bits per heavy atom. The lowest BCUT2D eigenvalue weighted by Crippen LogP contribution is -2.48. The van der Waals surface area contributed by atoms with Gasteiger partial charge in [0, 0.05) is 20.1 Å². The summed E-state index contributed by atoms with van der Waals surface area (Å²) in [5.41, 5.74) is 4.85. The van der Waals surface area contributed by atoms with Gasteiger partial charge in [0.2, 0.25) is 5.91 Å². The zero-order valence-corrected chi connectivity index (χ0v) is 8.86. The van der Waals surface area contributed by atoms with E-state index in [2.05, 4.69) is 15.4 Å². The van der Waals surface area contributed by atoms with Gasteiger partial charge in [0.15, 0.2) is 6.04 Å². The van der Waals surface area contributed by atoms with Gasteiger partial charge in [-0.1, -0.05) is 0 Å². The molecule has 1 unspecified atom stereocenters. The van der Waals surface area contributed by atoms with E-state index in [9.17, 15) is 14.4 Å². The van der Waals surface area contributed by atoms with Gasteiger partial charge < -0.3 is 26.2 Å². The molecule has 0 rings (SSSR count). The zero-order chi connectivity index (χ0) is 12.6. The van der Waals surface area contributed by atoms with Crippen LogP contribution in [-0.4, -0.2) is 49.3 Å². The lowest BCUT2D eigenvalue weighted by Gasteiger charge is -2.13. The molecular formula is C8H15N3O5. The molecule has 0 spiro atoms. The molecule has 16 heavy (non-hydrogen) atoms. The molecule has 0 aromatic heterocycles. The molecule has 0 aliphatic rings. The van der Waals surface area contributed by atoms with Crippen LogP contribution >= 0.6 is 0 Å². The Hall–Kier alpha value is -1.83. The van der Waals surface area contributed by atoms with Gasteiger partial charge in [-0.15, -0.1) is 0 Å². The summed E-state index contributed by atoms with van der Waals surface area (Å²) in [5.74, 6) is -1.75. The molecule has 0 aliphatic heterocycles. The minimum absolute atomic E-state index is 0.00453. The molecule has 3 amide bonds. The van der Waals surface area contributed by atoms with Crippen LogP contribution in [0, 0.1) is 0 Å². The number of carbonyl (C=O) groups excluding carboxylic acids is 2. The van der Waals surface area contributed by atoms with E-state index < -0.39 is 23.9 Å². The molecule has 8 heteroatoms. The Balaban J connectivity index is 3.90. The average Bonchev–Trinajstić information content (AvgIpc) is 2.16. The molecule has 0 heterocycles. The van der Waals surface area contributed by atoms with Gasteiger partial charge in [-0.05, 0) is 0 Å². The number of primary amides is 1. The Morgan fingerprint density at radius 3 is 2.50 bits per heavy atom. The van der Waals surface area contributed by atoms with Crippen molar-refractivity contribution >= 4 is 17.9 Å². The van der Waals surface area contributed by atoms with Crippen LogP contribution < -0.4 is 16.4 Å². The molecular weight excluding hydrogens is 218 g/mol. The normalized spacial score (nSPS) is 11.6. The van der Waals surface area contributed by atoms with Gasteiger partial charge in [-0.25, -0.2) is 9.59 Å². The lowest BCUT2D eigenvalue weighted by atomic mass is 10.3. The molecule has 0 aromatic carbocycles. The van der Waals surface area contributed by atoms with Crippen LogP contribution in [0.15, 0.2) is 0 Å². The van der Waals surface area contributed by atoms with Crippen molar-refractivity contribution in [3.05, 3.63) is 0 Å². The summed E-state index contributed by atoms with van der Waals surface area (Å²) < 4.78 is 4.61. The largest absolute Gasteiger partial charge is 0.480 e. The van der Waals surface area contributed by atoms with Crippen molar-refractivity contribution in [2.45, 2.75) is 12.5 Å². The fourth-order valence-electron chi connectivity index (χ4n) is 0.850. The highest BCUT2D eigenvalue weighted by Crippen LogP contribution is 1.85. The molecule has 0 aromatic rings. The highest BCUT2D eigenvalue weighted by molar-refractivity contribution is 5.83. The molecule has 92 valence electrons. The second-order valence-electron chi connectivity index (χ2n) is 2.96. The molecule has 0 radical (unpaired) electrons. The van der Waals surface area contributed by atoms with E-state index in [0.717, 1.165) is 0 Å². The maximum absolute atomic E-state index is 11.1. The predicted molar refractivity (Wildman–Crippen MR) is 53.6 cm³/mol. The van der Waals surface area contributed by atoms with E-state index in [1.807, 2.05) is 0 Å². The summed E-state index contributed by atoms with van der Waals surface area (Å²) in [6.45, 7) is -0.0843. The predicted octanol–water partition coefficient (Wildman–Crippen LogP) is -1.74. The van der Waals surface area contributed by atoms with Gasteiger partial charge in [-0.2, -0.15) is 0 Å². The number of carboxylic acids is 1. The van der Waals surface area contributed by atoms with Crippen molar-refractivity contribution in [2.24, 2.45) is 5.73 Å². The summed E-state index contributed by atoms with van der Waals surface area (Å²) in [4.78, 5) is 32.1. The molecule has 0 saturated heterocycles. The average molecular weight is 233 g/mol. The van der Waals surface area contributed by atoms with E-state index in [0.29, 0.717) is 0 Å². The number of hydrogen-bond acceptors (Lipinski definition) is 4. The second kappa shape index (κ2) is 7.46. The maximum atomic E-state index is 11.1. The minimum Gasteiger partial charge on any atom is -0.480 e. The van der Waals surface area contributed by atoms with Gasteiger partial charge in [0.1, 0.15) is 0 Å². The number of amides is 3. The van der Waals surface area contributed by atoms with Crippen molar-refractivity contribution in [1.29, 1.82) is 0 Å². The molecule has 0 aliphatic carbocycles. The third-order valence-electron chi connectivity index (χ3n) is 1.59. The van der Waals surface area contributed by atoms with Gasteiger partial charge >= 0.3 is 12.0 Å². The summed E-state index contributed by atoms with van der Waals surface area (Å²) in [6.07, 6.45) is -0.00453. The van der Waals surface area contributed by atoms with E-state index in [1.54, 1.807) is 0 Å². The maximum Gasteiger partial charge on any atom is 0.328 e. The summed E-state index contributed by atoms with van der Waals surface area (Å²) in [5, 5.41) is 13.1. The summed E-state index contributed by atoms with van der Waals surface area (Å²) in [7, 11) is 1.32. The monoisotopic (exact) mass is 233 g/mol. The van der Waals surface area contributed by atoms with Crippen molar-refractivity contribution < 1.29 is 24.2 Å². The number of ether oxygens (including phenoxy) is 1. The van der Waals surface area contributed by atoms with E-state index in [1.165, 1.54) is 7.11 Å². The molecule has 5 N–H and O–H groups in total. The third kappa shape index (κ3) is 6.60. The number of methoxy groups -OCH3 is 1. The first-order valence-corrected chi connectivity index (χ1v) is 4.51. The number of carbonyl (C=O) groups is 3. The minimum atomic E-state index is -1.20. The standard InChI is InChI=1S/C8H15N3O5/c1-16-4-5(7(13)14)11-8(15)10-3-2-6(9)12/h5H,2-4H2,1H3,(H2,9,12)(H,13,14)(H2,10,11,15). The summed E-state index contributed by atoms with van der Waals surface area (Å²) in [6, 6.07) is -1.82. The lowest BCUT2D eigenvalue weighted by molar-refractivity contribution is -0.140. The smallest absolute Gasteiger partial charge is 0.328 e. The first-order valence-electron chi connectivity index (χ1n) is 4.51. The molecule has 0 bridgehead atoms. The summed E-state index contributed by atoms with van der Waals surface area (Å²) >= 11 is 0. The van der Waals surface area contributed by atoms with Crippen molar-refractivity contribution in [1.82, 2.24) is 10.6 Å². The Kier molecular flexibility index (Phi) is 6.61. The number of urea groups is 1.